The van der Waals surface area contributed by atoms with Gasteiger partial charge in [0.2, 0.25) is 0 Å². The van der Waals surface area contributed by atoms with E-state index in [0.717, 1.165) is 5.57 Å². The predicted octanol–water partition coefficient (Wildman–Crippen LogP) is 0.255. The van der Waals surface area contributed by atoms with Gasteiger partial charge in [0.15, 0.2) is 9.84 Å². The van der Waals surface area contributed by atoms with Crippen LogP contribution >= 0.6 is 0 Å². The lowest BCUT2D eigenvalue weighted by Crippen LogP contribution is -2.02. The predicted molar refractivity (Wildman–Crippen MR) is 37.0 cm³/mol. The Kier molecular flexibility index (Phi) is 1.77. The fraction of sp³-hybridized carbons (Fsp3) is 0.500. The van der Waals surface area contributed by atoms with Crippen LogP contribution in [-0.4, -0.2) is 19.9 Å². The average molecular weight is 157 g/mol. The van der Waals surface area contributed by atoms with Crippen LogP contribution in [0.25, 0.3) is 0 Å². The summed E-state index contributed by atoms with van der Waals surface area (Å²) in [7, 11) is -2.86. The molecule has 3 nitrogen and oxygen atoms in total. The Hall–Kier alpha value is -0.820. The Labute approximate surface area is 59.9 Å². The molecule has 54 valence electrons. The lowest BCUT2D eigenvalue weighted by molar-refractivity contribution is 0.603. The fourth-order valence-electron chi connectivity index (χ4n) is 0.870. The van der Waals surface area contributed by atoms with Gasteiger partial charge in [-0.25, -0.2) is 8.42 Å². The molecule has 0 atom stereocenters. The van der Waals surface area contributed by atoms with Crippen molar-refractivity contribution in [2.75, 3.05) is 11.5 Å². The highest BCUT2D eigenvalue weighted by atomic mass is 32.2. The summed E-state index contributed by atoms with van der Waals surface area (Å²) in [6.07, 6.45) is 1.87. The van der Waals surface area contributed by atoms with E-state index in [1.54, 1.807) is 6.08 Å². The van der Waals surface area contributed by atoms with Crippen LogP contribution in [-0.2, 0) is 9.84 Å². The summed E-state index contributed by atoms with van der Waals surface area (Å²) < 4.78 is 21.5. The second-order valence-corrected chi connectivity index (χ2v) is 4.36. The number of nitriles is 1. The normalized spacial score (nSPS) is 21.7. The summed E-state index contributed by atoms with van der Waals surface area (Å²) >= 11 is 0. The molecule has 0 aromatic carbocycles. The first-order valence-electron chi connectivity index (χ1n) is 2.89. The zero-order chi connectivity index (χ0) is 7.61. The average Bonchev–Trinajstić information content (AvgIpc) is 2.12. The monoisotopic (exact) mass is 157 g/mol. The maximum absolute atomic E-state index is 10.8. The quantitative estimate of drug-likeness (QED) is 0.513. The van der Waals surface area contributed by atoms with Crippen LogP contribution in [0, 0.1) is 11.3 Å². The SMILES string of the molecule is N#CCC1=CCS(=O)(=O)C1. The molecule has 1 aliphatic rings. The van der Waals surface area contributed by atoms with Crippen LogP contribution in [0.2, 0.25) is 0 Å². The smallest absolute Gasteiger partial charge is 0.157 e. The van der Waals surface area contributed by atoms with Crippen molar-refractivity contribution in [3.63, 3.8) is 0 Å². The van der Waals surface area contributed by atoms with Crippen molar-refractivity contribution in [3.8, 4) is 6.07 Å². The largest absolute Gasteiger partial charge is 0.228 e. The van der Waals surface area contributed by atoms with E-state index >= 15 is 0 Å². The summed E-state index contributed by atoms with van der Waals surface area (Å²) in [6, 6.07) is 1.91. The van der Waals surface area contributed by atoms with E-state index in [9.17, 15) is 8.42 Å². The first kappa shape index (κ1) is 7.29. The molecule has 0 saturated carbocycles. The van der Waals surface area contributed by atoms with Crippen LogP contribution in [0.15, 0.2) is 11.6 Å². The first-order valence-corrected chi connectivity index (χ1v) is 4.71. The molecule has 4 heteroatoms. The van der Waals surface area contributed by atoms with Gasteiger partial charge in [-0.2, -0.15) is 5.26 Å². The fourth-order valence-corrected chi connectivity index (χ4v) is 2.26. The highest BCUT2D eigenvalue weighted by Gasteiger charge is 2.18. The Morgan fingerprint density at radius 2 is 2.40 bits per heavy atom. The van der Waals surface area contributed by atoms with Crippen molar-refractivity contribution < 1.29 is 8.42 Å². The van der Waals surface area contributed by atoms with Gasteiger partial charge in [0.05, 0.1) is 24.0 Å². The molecule has 1 rings (SSSR count). The maximum Gasteiger partial charge on any atom is 0.157 e. The van der Waals surface area contributed by atoms with Crippen LogP contribution < -0.4 is 0 Å². The van der Waals surface area contributed by atoms with Crippen molar-refractivity contribution in [2.24, 2.45) is 0 Å². The lowest BCUT2D eigenvalue weighted by Gasteiger charge is -1.89. The molecule has 0 aromatic rings. The van der Waals surface area contributed by atoms with Crippen molar-refractivity contribution in [1.29, 1.82) is 5.26 Å². The summed E-state index contributed by atoms with van der Waals surface area (Å²) in [4.78, 5) is 0. The number of nitrogens with zero attached hydrogens (tertiary/aromatic N) is 1. The highest BCUT2D eigenvalue weighted by Crippen LogP contribution is 2.13. The van der Waals surface area contributed by atoms with Crippen molar-refractivity contribution in [2.45, 2.75) is 6.42 Å². The molecule has 0 bridgehead atoms. The number of sulfone groups is 1. The van der Waals surface area contributed by atoms with E-state index in [-0.39, 0.29) is 17.9 Å². The molecular weight excluding hydrogens is 150 g/mol. The Bertz CT molecular complexity index is 294. The van der Waals surface area contributed by atoms with Gasteiger partial charge in [-0.3, -0.25) is 0 Å². The molecule has 0 fully saturated rings. The van der Waals surface area contributed by atoms with E-state index < -0.39 is 9.84 Å². The molecular formula is C6H7NO2S. The number of hydrogen-bond donors (Lipinski definition) is 0. The van der Waals surface area contributed by atoms with Gasteiger partial charge >= 0.3 is 0 Å². The minimum absolute atomic E-state index is 0.0839. The van der Waals surface area contributed by atoms with E-state index in [1.165, 1.54) is 0 Å². The molecule has 0 aliphatic carbocycles. The molecule has 1 heterocycles. The molecule has 0 aromatic heterocycles. The third-order valence-electron chi connectivity index (χ3n) is 1.34. The molecule has 0 saturated heterocycles. The first-order chi connectivity index (χ1) is 4.64. The Morgan fingerprint density at radius 1 is 1.70 bits per heavy atom. The van der Waals surface area contributed by atoms with Crippen LogP contribution in [0.5, 0.6) is 0 Å². The molecule has 10 heavy (non-hydrogen) atoms. The van der Waals surface area contributed by atoms with E-state index in [0.29, 0.717) is 0 Å². The molecule has 0 amide bonds. The van der Waals surface area contributed by atoms with E-state index in [4.69, 9.17) is 5.26 Å². The zero-order valence-corrected chi connectivity index (χ0v) is 6.19. The molecule has 0 unspecified atom stereocenters. The van der Waals surface area contributed by atoms with Gasteiger partial charge in [0.1, 0.15) is 0 Å². The van der Waals surface area contributed by atoms with E-state index in [2.05, 4.69) is 0 Å². The third-order valence-corrected chi connectivity index (χ3v) is 2.82. The minimum atomic E-state index is -2.86. The van der Waals surface area contributed by atoms with Crippen molar-refractivity contribution in [3.05, 3.63) is 11.6 Å². The molecule has 0 radical (unpaired) electrons. The third kappa shape index (κ3) is 1.58. The van der Waals surface area contributed by atoms with Crippen molar-refractivity contribution in [1.82, 2.24) is 0 Å². The Morgan fingerprint density at radius 3 is 2.80 bits per heavy atom. The van der Waals surface area contributed by atoms with Crippen LogP contribution in [0.4, 0.5) is 0 Å². The van der Waals surface area contributed by atoms with Crippen LogP contribution in [0.3, 0.4) is 0 Å². The lowest BCUT2D eigenvalue weighted by atomic mass is 10.2. The second-order valence-electron chi connectivity index (χ2n) is 2.25. The van der Waals surface area contributed by atoms with Gasteiger partial charge in [-0.15, -0.1) is 0 Å². The van der Waals surface area contributed by atoms with Gasteiger partial charge in [0, 0.05) is 0 Å². The summed E-state index contributed by atoms with van der Waals surface area (Å²) in [5.74, 6) is 0.199. The summed E-state index contributed by atoms with van der Waals surface area (Å²) in [5.41, 5.74) is 0.738. The number of hydrogen-bond acceptors (Lipinski definition) is 3. The van der Waals surface area contributed by atoms with Gasteiger partial charge in [-0.1, -0.05) is 6.08 Å². The van der Waals surface area contributed by atoms with Gasteiger partial charge in [-0.05, 0) is 5.57 Å². The van der Waals surface area contributed by atoms with Gasteiger partial charge in [0.25, 0.3) is 0 Å². The van der Waals surface area contributed by atoms with Crippen molar-refractivity contribution >= 4 is 9.84 Å². The summed E-state index contributed by atoms with van der Waals surface area (Å²) in [5, 5.41) is 8.21. The highest BCUT2D eigenvalue weighted by molar-refractivity contribution is 7.92. The number of rotatable bonds is 1. The summed E-state index contributed by atoms with van der Waals surface area (Å²) in [6.45, 7) is 0. The molecule has 0 spiro atoms. The maximum atomic E-state index is 10.8. The van der Waals surface area contributed by atoms with Crippen LogP contribution in [0.1, 0.15) is 6.42 Å². The topological polar surface area (TPSA) is 57.9 Å². The zero-order valence-electron chi connectivity index (χ0n) is 5.37. The minimum Gasteiger partial charge on any atom is -0.228 e. The second kappa shape index (κ2) is 2.43. The molecule has 1 aliphatic heterocycles. The standard InChI is InChI=1S/C6H7NO2S/c7-3-1-6-2-4-10(8,9)5-6/h2H,1,4-5H2. The molecule has 0 N–H and O–H groups in total. The van der Waals surface area contributed by atoms with Gasteiger partial charge < -0.3 is 0 Å². The van der Waals surface area contributed by atoms with E-state index in [1.807, 2.05) is 6.07 Å². The Balaban J connectivity index is 2.66.